The summed E-state index contributed by atoms with van der Waals surface area (Å²) in [6.07, 6.45) is 0.410. The third kappa shape index (κ3) is 3.09. The summed E-state index contributed by atoms with van der Waals surface area (Å²) in [5.41, 5.74) is -0.709. The third-order valence-corrected chi connectivity index (χ3v) is 8.59. The zero-order chi connectivity index (χ0) is 23.7. The summed E-state index contributed by atoms with van der Waals surface area (Å²) in [4.78, 5) is 41.4. The first kappa shape index (κ1) is 22.4. The van der Waals surface area contributed by atoms with Gasteiger partial charge in [0.05, 0.1) is 18.0 Å². The smallest absolute Gasteiger partial charge is 0.236 e. The van der Waals surface area contributed by atoms with Crippen LogP contribution < -0.4 is 19.5 Å². The molecule has 10 heteroatoms. The van der Waals surface area contributed by atoms with Gasteiger partial charge in [-0.3, -0.25) is 14.4 Å². The Kier molecular flexibility index (Phi) is 5.34. The molecule has 3 heterocycles. The largest absolute Gasteiger partial charge is 0.496 e. The molecule has 1 aromatic heterocycles. The van der Waals surface area contributed by atoms with Gasteiger partial charge >= 0.3 is 0 Å². The van der Waals surface area contributed by atoms with E-state index in [2.05, 4.69) is 21.2 Å². The van der Waals surface area contributed by atoms with E-state index in [-0.39, 0.29) is 40.2 Å². The van der Waals surface area contributed by atoms with Crippen LogP contribution in [0, 0.1) is 5.92 Å². The topological polar surface area (TPSA) is 90.9 Å². The highest BCUT2D eigenvalue weighted by Gasteiger charge is 2.63. The number of ether oxygens (including phenoxy) is 3. The zero-order valence-corrected chi connectivity index (χ0v) is 21.1. The molecule has 1 amide bonds. The van der Waals surface area contributed by atoms with Crippen LogP contribution in [0.15, 0.2) is 33.3 Å². The Balaban J connectivity index is 1.67. The SMILES string of the molecule is COc1cc(OC)c2c(c1Cl)O[C@@]1(C(=O)C3=C(C[C@H]1C)NC(=O)CC3c1ccc(Br)s1)C2=O. The number of amides is 1. The van der Waals surface area contributed by atoms with Gasteiger partial charge in [-0.1, -0.05) is 18.5 Å². The lowest BCUT2D eigenvalue weighted by Crippen LogP contribution is -2.59. The number of thiophene rings is 1. The van der Waals surface area contributed by atoms with E-state index in [0.29, 0.717) is 17.7 Å². The summed E-state index contributed by atoms with van der Waals surface area (Å²) < 4.78 is 17.8. The molecule has 1 unspecified atom stereocenters. The van der Waals surface area contributed by atoms with Crippen LogP contribution in [0.1, 0.15) is 40.9 Å². The molecule has 0 saturated heterocycles. The van der Waals surface area contributed by atoms with Crippen LogP contribution >= 0.6 is 38.9 Å². The van der Waals surface area contributed by atoms with Crippen molar-refractivity contribution in [2.45, 2.75) is 31.3 Å². The van der Waals surface area contributed by atoms with Crippen molar-refractivity contribution in [3.05, 3.63) is 48.7 Å². The molecule has 2 aromatic rings. The molecule has 1 aromatic carbocycles. The fourth-order valence-electron chi connectivity index (χ4n) is 4.95. The Hall–Kier alpha value is -2.36. The second-order valence-corrected chi connectivity index (χ2v) is 11.1. The van der Waals surface area contributed by atoms with Crippen molar-refractivity contribution < 1.29 is 28.6 Å². The maximum Gasteiger partial charge on any atom is 0.236 e. The zero-order valence-electron chi connectivity index (χ0n) is 17.9. The Labute approximate surface area is 207 Å². The lowest BCUT2D eigenvalue weighted by Gasteiger charge is -2.41. The number of carbonyl (C=O) groups is 3. The molecule has 33 heavy (non-hydrogen) atoms. The van der Waals surface area contributed by atoms with E-state index in [1.165, 1.54) is 31.6 Å². The van der Waals surface area contributed by atoms with Crippen molar-refractivity contribution in [2.75, 3.05) is 14.2 Å². The van der Waals surface area contributed by atoms with Crippen LogP contribution in [0.25, 0.3) is 0 Å². The summed E-state index contributed by atoms with van der Waals surface area (Å²) in [6, 6.07) is 5.27. The molecule has 2 aliphatic heterocycles. The minimum atomic E-state index is -1.79. The van der Waals surface area contributed by atoms with Crippen molar-refractivity contribution in [1.82, 2.24) is 5.32 Å². The van der Waals surface area contributed by atoms with Crippen LogP contribution in [0.3, 0.4) is 0 Å². The van der Waals surface area contributed by atoms with Crippen LogP contribution in [0.4, 0.5) is 0 Å². The molecule has 0 bridgehead atoms. The number of carbonyl (C=O) groups excluding carboxylic acids is 3. The Morgan fingerprint density at radius 1 is 1.15 bits per heavy atom. The van der Waals surface area contributed by atoms with Gasteiger partial charge in [-0.25, -0.2) is 0 Å². The highest BCUT2D eigenvalue weighted by atomic mass is 79.9. The van der Waals surface area contributed by atoms with E-state index in [9.17, 15) is 14.4 Å². The summed E-state index contributed by atoms with van der Waals surface area (Å²) in [5, 5.41) is 2.96. The average Bonchev–Trinajstić information content (AvgIpc) is 3.35. The van der Waals surface area contributed by atoms with Crippen LogP contribution in [0.5, 0.6) is 17.2 Å². The van der Waals surface area contributed by atoms with Gasteiger partial charge in [-0.05, 0) is 34.5 Å². The lowest BCUT2D eigenvalue weighted by atomic mass is 9.67. The monoisotopic (exact) mass is 551 g/mol. The predicted octanol–water partition coefficient (Wildman–Crippen LogP) is 4.66. The maximum atomic E-state index is 14.2. The number of rotatable bonds is 3. The normalized spacial score (nSPS) is 26.2. The molecule has 1 aliphatic carbocycles. The van der Waals surface area contributed by atoms with E-state index >= 15 is 0 Å². The highest BCUT2D eigenvalue weighted by molar-refractivity contribution is 9.11. The van der Waals surface area contributed by atoms with Crippen LogP contribution in [-0.4, -0.2) is 37.3 Å². The maximum absolute atomic E-state index is 14.2. The average molecular weight is 553 g/mol. The predicted molar refractivity (Wildman–Crippen MR) is 126 cm³/mol. The van der Waals surface area contributed by atoms with Crippen LogP contribution in [-0.2, 0) is 9.59 Å². The van der Waals surface area contributed by atoms with Crippen molar-refractivity contribution in [3.8, 4) is 17.2 Å². The molecule has 7 nitrogen and oxygen atoms in total. The number of halogens is 2. The number of ketones is 2. The third-order valence-electron chi connectivity index (χ3n) is 6.50. The number of fused-ring (bicyclic) bond motifs is 1. The molecular formula is C23H19BrClNO6S. The van der Waals surface area contributed by atoms with E-state index in [4.69, 9.17) is 25.8 Å². The summed E-state index contributed by atoms with van der Waals surface area (Å²) >= 11 is 11.4. The molecule has 0 radical (unpaired) electrons. The Morgan fingerprint density at radius 2 is 1.88 bits per heavy atom. The first-order valence-electron chi connectivity index (χ1n) is 10.2. The van der Waals surface area contributed by atoms with Crippen molar-refractivity contribution in [2.24, 2.45) is 5.92 Å². The molecule has 0 fully saturated rings. The molecule has 3 aliphatic rings. The number of hydrogen-bond acceptors (Lipinski definition) is 7. The number of Topliss-reactive ketones (excluding diaryl/α,β-unsaturated/α-hetero) is 2. The molecule has 172 valence electrons. The van der Waals surface area contributed by atoms with E-state index in [0.717, 1.165) is 8.66 Å². The van der Waals surface area contributed by atoms with Crippen LogP contribution in [0.2, 0.25) is 5.02 Å². The molecule has 0 saturated carbocycles. The van der Waals surface area contributed by atoms with Gasteiger partial charge in [0.1, 0.15) is 22.1 Å². The second kappa shape index (κ2) is 7.85. The lowest BCUT2D eigenvalue weighted by molar-refractivity contribution is -0.131. The van der Waals surface area contributed by atoms with E-state index in [1.807, 2.05) is 12.1 Å². The fourth-order valence-corrected chi connectivity index (χ4v) is 6.75. The molecular weight excluding hydrogens is 534 g/mol. The highest BCUT2D eigenvalue weighted by Crippen LogP contribution is 2.55. The first-order chi connectivity index (χ1) is 15.7. The van der Waals surface area contributed by atoms with Gasteiger partial charge in [0.25, 0.3) is 0 Å². The Bertz CT molecular complexity index is 1270. The van der Waals surface area contributed by atoms with E-state index < -0.39 is 29.0 Å². The number of nitrogens with one attached hydrogen (secondary N) is 1. The van der Waals surface area contributed by atoms with Gasteiger partial charge in [-0.15, -0.1) is 11.3 Å². The number of allylic oxidation sites excluding steroid dienone is 1. The van der Waals surface area contributed by atoms with Crippen molar-refractivity contribution in [1.29, 1.82) is 0 Å². The van der Waals surface area contributed by atoms with Crippen molar-refractivity contribution >= 4 is 56.3 Å². The van der Waals surface area contributed by atoms with E-state index in [1.54, 1.807) is 6.92 Å². The van der Waals surface area contributed by atoms with Gasteiger partial charge < -0.3 is 19.5 Å². The van der Waals surface area contributed by atoms with Gasteiger partial charge in [0, 0.05) is 40.5 Å². The minimum Gasteiger partial charge on any atom is -0.496 e. The fraction of sp³-hybridized carbons (Fsp3) is 0.348. The second-order valence-electron chi connectivity index (χ2n) is 8.24. The number of benzene rings is 1. The quantitative estimate of drug-likeness (QED) is 0.557. The standard InChI is InChI=1S/C23H19BrClNO6S/c1-9-6-11-17(10(7-16(27)26-11)14-4-5-15(24)33-14)21(28)23(9)22(29)18-12(30-2)8-13(31-3)19(25)20(18)32-23/h4-5,8-10H,6-7H2,1-3H3,(H,26,27)/t9-,10?,23+/m1/s1. The van der Waals surface area contributed by atoms with Crippen molar-refractivity contribution in [3.63, 3.8) is 0 Å². The summed E-state index contributed by atoms with van der Waals surface area (Å²) in [5.74, 6) is -1.54. The first-order valence-corrected chi connectivity index (χ1v) is 12.2. The van der Waals surface area contributed by atoms with Gasteiger partial charge in [-0.2, -0.15) is 0 Å². The number of hydrogen-bond donors (Lipinski definition) is 1. The molecule has 5 rings (SSSR count). The summed E-state index contributed by atoms with van der Waals surface area (Å²) in [6.45, 7) is 1.76. The summed E-state index contributed by atoms with van der Waals surface area (Å²) in [7, 11) is 2.87. The molecule has 1 spiro atoms. The minimum absolute atomic E-state index is 0.0809. The number of methoxy groups -OCH3 is 2. The van der Waals surface area contributed by atoms with Gasteiger partial charge in [0.15, 0.2) is 5.75 Å². The Morgan fingerprint density at radius 3 is 2.52 bits per heavy atom. The molecule has 3 atom stereocenters. The van der Waals surface area contributed by atoms with Gasteiger partial charge in [0.2, 0.25) is 23.1 Å². The molecule has 1 N–H and O–H groups in total.